The van der Waals surface area contributed by atoms with E-state index in [1.807, 2.05) is 18.5 Å². The summed E-state index contributed by atoms with van der Waals surface area (Å²) in [6.07, 6.45) is 3.19. The molecule has 0 fully saturated rings. The van der Waals surface area contributed by atoms with Gasteiger partial charge in [0.15, 0.2) is 0 Å². The highest BCUT2D eigenvalue weighted by molar-refractivity contribution is 5.09. The second-order valence-electron chi connectivity index (χ2n) is 6.80. The van der Waals surface area contributed by atoms with E-state index >= 15 is 0 Å². The average Bonchev–Trinajstić information content (AvgIpc) is 2.66. The molecule has 0 saturated carbocycles. The summed E-state index contributed by atoms with van der Waals surface area (Å²) in [6, 6.07) is 0.381. The van der Waals surface area contributed by atoms with Crippen molar-refractivity contribution < 1.29 is 0 Å². The predicted octanol–water partition coefficient (Wildman–Crippen LogP) is 4.60. The molecule has 1 heterocycles. The molecule has 0 aliphatic carbocycles. The molecule has 0 unspecified atom stereocenters. The van der Waals surface area contributed by atoms with Crippen LogP contribution in [0.2, 0.25) is 0 Å². The maximum Gasteiger partial charge on any atom is 0.0883 e. The summed E-state index contributed by atoms with van der Waals surface area (Å²) in [7, 11) is 0. The zero-order chi connectivity index (χ0) is 14.6. The summed E-state index contributed by atoms with van der Waals surface area (Å²) < 4.78 is 1.93. The Labute approximate surface area is 113 Å². The summed E-state index contributed by atoms with van der Waals surface area (Å²) >= 11 is 0. The molecule has 0 radical (unpaired) electrons. The van der Waals surface area contributed by atoms with Crippen molar-refractivity contribution in [3.8, 4) is 0 Å². The Hall–Kier alpha value is -0.860. The van der Waals surface area contributed by atoms with E-state index in [0.717, 1.165) is 12.1 Å². The first-order valence-corrected chi connectivity index (χ1v) is 7.04. The number of rotatable bonds is 3. The van der Waals surface area contributed by atoms with Gasteiger partial charge in [-0.25, -0.2) is 4.68 Å². The molecule has 0 aromatic carbocycles. The van der Waals surface area contributed by atoms with Gasteiger partial charge in [0.1, 0.15) is 0 Å². The van der Waals surface area contributed by atoms with Crippen molar-refractivity contribution >= 4 is 0 Å². The van der Waals surface area contributed by atoms with Gasteiger partial charge >= 0.3 is 0 Å². The van der Waals surface area contributed by atoms with Gasteiger partial charge in [-0.15, -0.1) is 5.10 Å². The van der Waals surface area contributed by atoms with Crippen LogP contribution in [0.15, 0.2) is 6.20 Å². The Bertz CT molecular complexity index is 343. The maximum atomic E-state index is 4.31. The number of nitrogens with zero attached hydrogens (tertiary/aromatic N) is 3. The lowest BCUT2D eigenvalue weighted by atomic mass is 9.74. The highest BCUT2D eigenvalue weighted by Gasteiger charge is 2.29. The normalized spacial score (nSPS) is 12.3. The highest BCUT2D eigenvalue weighted by Crippen LogP contribution is 2.35. The van der Waals surface area contributed by atoms with E-state index < -0.39 is 0 Å². The van der Waals surface area contributed by atoms with Crippen LogP contribution in [0.1, 0.15) is 80.5 Å². The molecule has 0 atom stereocenters. The molecule has 18 heavy (non-hydrogen) atoms. The fourth-order valence-corrected chi connectivity index (χ4v) is 2.26. The molecule has 1 aromatic rings. The van der Waals surface area contributed by atoms with Gasteiger partial charge in [0.25, 0.3) is 0 Å². The third-order valence-corrected chi connectivity index (χ3v) is 2.71. The fourth-order valence-electron chi connectivity index (χ4n) is 2.26. The molecular weight excluding hydrogens is 222 g/mol. The van der Waals surface area contributed by atoms with Crippen LogP contribution in [0.5, 0.6) is 0 Å². The van der Waals surface area contributed by atoms with Gasteiger partial charge in [0.05, 0.1) is 5.69 Å². The third-order valence-electron chi connectivity index (χ3n) is 2.71. The van der Waals surface area contributed by atoms with Crippen molar-refractivity contribution in [2.45, 2.75) is 80.2 Å². The molecule has 0 aliphatic heterocycles. The molecule has 1 aromatic heterocycles. The molecule has 0 spiro atoms. The number of aromatic nitrogens is 3. The van der Waals surface area contributed by atoms with Crippen LogP contribution in [0.3, 0.4) is 0 Å². The first-order valence-electron chi connectivity index (χ1n) is 7.04. The molecule has 3 nitrogen and oxygen atoms in total. The van der Waals surface area contributed by atoms with E-state index in [1.54, 1.807) is 0 Å². The van der Waals surface area contributed by atoms with Gasteiger partial charge in [-0.05, 0) is 25.7 Å². The Morgan fingerprint density at radius 2 is 1.61 bits per heavy atom. The predicted molar refractivity (Wildman–Crippen MR) is 78.9 cm³/mol. The number of hydrogen-bond acceptors (Lipinski definition) is 2. The summed E-state index contributed by atoms with van der Waals surface area (Å²) in [5, 5.41) is 8.48. The fraction of sp³-hybridized carbons (Fsp3) is 0.867. The van der Waals surface area contributed by atoms with Gasteiger partial charge in [-0.3, -0.25) is 0 Å². The smallest absolute Gasteiger partial charge is 0.0883 e. The van der Waals surface area contributed by atoms with E-state index in [9.17, 15) is 0 Å². The van der Waals surface area contributed by atoms with E-state index in [-0.39, 0.29) is 5.41 Å². The first kappa shape index (κ1) is 17.1. The minimum absolute atomic E-state index is 0.0887. The van der Waals surface area contributed by atoms with Crippen LogP contribution >= 0.6 is 0 Å². The van der Waals surface area contributed by atoms with Crippen molar-refractivity contribution in [1.82, 2.24) is 15.0 Å². The Morgan fingerprint density at radius 3 is 1.94 bits per heavy atom. The molecule has 0 aliphatic rings. The van der Waals surface area contributed by atoms with Gasteiger partial charge in [0.2, 0.25) is 0 Å². The van der Waals surface area contributed by atoms with Crippen molar-refractivity contribution in [2.75, 3.05) is 0 Å². The zero-order valence-corrected chi connectivity index (χ0v) is 13.7. The third kappa shape index (κ3) is 5.19. The van der Waals surface area contributed by atoms with E-state index in [1.165, 1.54) is 0 Å². The van der Waals surface area contributed by atoms with Gasteiger partial charge in [0, 0.05) is 17.7 Å². The topological polar surface area (TPSA) is 30.7 Å². The lowest BCUT2D eigenvalue weighted by Crippen LogP contribution is -2.25. The molecule has 1 rings (SSSR count). The van der Waals surface area contributed by atoms with Crippen LogP contribution in [-0.2, 0) is 5.41 Å². The SMILES string of the molecule is CC.CC(C)n1cc(C(C)(C)CC(C)(C)C)nn1. The summed E-state index contributed by atoms with van der Waals surface area (Å²) in [5.41, 5.74) is 1.49. The summed E-state index contributed by atoms with van der Waals surface area (Å²) in [4.78, 5) is 0. The first-order chi connectivity index (χ1) is 8.12. The molecular formula is C15H31N3. The number of hydrogen-bond donors (Lipinski definition) is 0. The van der Waals surface area contributed by atoms with Crippen molar-refractivity contribution in [3.63, 3.8) is 0 Å². The van der Waals surface area contributed by atoms with Gasteiger partial charge in [-0.2, -0.15) is 0 Å². The highest BCUT2D eigenvalue weighted by atomic mass is 15.4. The van der Waals surface area contributed by atoms with Crippen molar-refractivity contribution in [3.05, 3.63) is 11.9 Å². The summed E-state index contributed by atoms with van der Waals surface area (Å²) in [6.45, 7) is 19.5. The average molecular weight is 253 g/mol. The van der Waals surface area contributed by atoms with Crippen LogP contribution in [-0.4, -0.2) is 15.0 Å². The summed E-state index contributed by atoms with van der Waals surface area (Å²) in [5.74, 6) is 0. The Morgan fingerprint density at radius 1 is 1.11 bits per heavy atom. The zero-order valence-electron chi connectivity index (χ0n) is 13.7. The van der Waals surface area contributed by atoms with Gasteiger partial charge < -0.3 is 0 Å². The van der Waals surface area contributed by atoms with E-state index in [0.29, 0.717) is 11.5 Å². The second kappa shape index (κ2) is 6.35. The quantitative estimate of drug-likeness (QED) is 0.788. The molecule has 3 heteroatoms. The Kier molecular flexibility index (Phi) is 6.05. The van der Waals surface area contributed by atoms with Crippen LogP contribution < -0.4 is 0 Å². The lowest BCUT2D eigenvalue weighted by molar-refractivity contribution is 0.279. The monoisotopic (exact) mass is 253 g/mol. The van der Waals surface area contributed by atoms with Crippen LogP contribution in [0, 0.1) is 5.41 Å². The largest absolute Gasteiger partial charge is 0.250 e. The minimum Gasteiger partial charge on any atom is -0.250 e. The van der Waals surface area contributed by atoms with Crippen LogP contribution in [0.25, 0.3) is 0 Å². The lowest BCUT2D eigenvalue weighted by Gasteiger charge is -2.30. The molecule has 0 amide bonds. The van der Waals surface area contributed by atoms with E-state index in [4.69, 9.17) is 0 Å². The van der Waals surface area contributed by atoms with Gasteiger partial charge in [-0.1, -0.05) is 53.7 Å². The van der Waals surface area contributed by atoms with Crippen molar-refractivity contribution in [2.24, 2.45) is 5.41 Å². The van der Waals surface area contributed by atoms with Crippen LogP contribution in [0.4, 0.5) is 0 Å². The molecule has 106 valence electrons. The van der Waals surface area contributed by atoms with Crippen molar-refractivity contribution in [1.29, 1.82) is 0 Å². The molecule has 0 bridgehead atoms. The molecule has 0 N–H and O–H groups in total. The molecule has 0 saturated heterocycles. The standard InChI is InChI=1S/C13H25N3.C2H6/c1-10(2)16-8-11(14-15-16)13(6,7)9-12(3,4)5;1-2/h8,10H,9H2,1-7H3;1-2H3. The minimum atomic E-state index is 0.0887. The van der Waals surface area contributed by atoms with E-state index in [2.05, 4.69) is 65.0 Å². The maximum absolute atomic E-state index is 4.31. The second-order valence-corrected chi connectivity index (χ2v) is 6.80. The Balaban J connectivity index is 0.00000137.